The van der Waals surface area contributed by atoms with Gasteiger partial charge >= 0.3 is 5.97 Å². The van der Waals surface area contributed by atoms with Crippen LogP contribution in [-0.2, 0) is 31.0 Å². The molecular formula is C23H33BrO4S. The Morgan fingerprint density at radius 2 is 1.93 bits per heavy atom. The Morgan fingerprint density at radius 1 is 1.21 bits per heavy atom. The molecule has 0 aliphatic carbocycles. The fraction of sp³-hybridized carbons (Fsp3) is 0.609. The Labute approximate surface area is 187 Å². The van der Waals surface area contributed by atoms with E-state index in [4.69, 9.17) is 4.74 Å². The second kappa shape index (κ2) is 12.5. The van der Waals surface area contributed by atoms with Crippen molar-refractivity contribution in [2.45, 2.75) is 58.3 Å². The van der Waals surface area contributed by atoms with Crippen LogP contribution in [-0.4, -0.2) is 42.0 Å². The van der Waals surface area contributed by atoms with Crippen molar-refractivity contribution in [2.24, 2.45) is 5.41 Å². The highest BCUT2D eigenvalue weighted by Gasteiger charge is 2.34. The second-order valence-electron chi connectivity index (χ2n) is 8.38. The molecule has 1 atom stereocenters. The van der Waals surface area contributed by atoms with Gasteiger partial charge in [0.1, 0.15) is 6.29 Å². The smallest absolute Gasteiger partial charge is 0.315 e. The number of thioether (sulfide) groups is 1. The molecule has 0 saturated heterocycles. The molecule has 0 spiro atoms. The molecule has 1 unspecified atom stereocenters. The van der Waals surface area contributed by atoms with Gasteiger partial charge in [0.2, 0.25) is 0 Å². The van der Waals surface area contributed by atoms with Crippen molar-refractivity contribution < 1.29 is 19.1 Å². The summed E-state index contributed by atoms with van der Waals surface area (Å²) in [6.07, 6.45) is 4.76. The third-order valence-electron chi connectivity index (χ3n) is 5.32. The predicted molar refractivity (Wildman–Crippen MR) is 124 cm³/mol. The fourth-order valence-electron chi connectivity index (χ4n) is 3.35. The van der Waals surface area contributed by atoms with E-state index in [-0.39, 0.29) is 17.2 Å². The molecule has 162 valence electrons. The van der Waals surface area contributed by atoms with Gasteiger partial charge in [-0.2, -0.15) is 0 Å². The molecule has 4 nitrogen and oxygen atoms in total. The summed E-state index contributed by atoms with van der Waals surface area (Å²) in [5, 5.41) is 0.320. The summed E-state index contributed by atoms with van der Waals surface area (Å²) in [6.45, 7) is 6.41. The zero-order valence-electron chi connectivity index (χ0n) is 18.0. The summed E-state index contributed by atoms with van der Waals surface area (Å²) >= 11 is 4.94. The topological polar surface area (TPSA) is 60.4 Å². The first-order valence-corrected chi connectivity index (χ1v) is 12.2. The Hall–Kier alpha value is -1.14. The number of Topliss-reactive ketones (excluding diaryl/α,β-unsaturated/α-hetero) is 1. The lowest BCUT2D eigenvalue weighted by atomic mass is 9.73. The van der Waals surface area contributed by atoms with Gasteiger partial charge in [-0.05, 0) is 48.5 Å². The molecule has 1 rings (SSSR count). The number of carbonyl (C=O) groups is 3. The first kappa shape index (κ1) is 25.9. The van der Waals surface area contributed by atoms with Crippen LogP contribution in [0.25, 0.3) is 0 Å². The third kappa shape index (κ3) is 8.63. The molecular weight excluding hydrogens is 452 g/mol. The lowest BCUT2D eigenvalue weighted by molar-refractivity contribution is -0.137. The van der Waals surface area contributed by atoms with E-state index in [0.29, 0.717) is 23.9 Å². The molecule has 0 fully saturated rings. The van der Waals surface area contributed by atoms with Crippen molar-refractivity contribution in [3.05, 3.63) is 35.4 Å². The average molecular weight is 485 g/mol. The molecule has 0 amide bonds. The van der Waals surface area contributed by atoms with E-state index in [1.165, 1.54) is 7.11 Å². The summed E-state index contributed by atoms with van der Waals surface area (Å²) < 4.78 is 4.69. The van der Waals surface area contributed by atoms with E-state index in [1.54, 1.807) is 11.8 Å². The molecule has 1 aromatic carbocycles. The lowest BCUT2D eigenvalue weighted by Crippen LogP contribution is -2.34. The maximum absolute atomic E-state index is 12.8. The minimum atomic E-state index is -0.560. The van der Waals surface area contributed by atoms with Crippen LogP contribution in [0.15, 0.2) is 24.3 Å². The van der Waals surface area contributed by atoms with Crippen LogP contribution in [0.3, 0.4) is 0 Å². The normalized spacial score (nSPS) is 13.6. The van der Waals surface area contributed by atoms with Crippen LogP contribution in [0, 0.1) is 5.41 Å². The Kier molecular flexibility index (Phi) is 11.2. The largest absolute Gasteiger partial charge is 0.468 e. The molecule has 0 heterocycles. The van der Waals surface area contributed by atoms with Gasteiger partial charge < -0.3 is 9.53 Å². The number of ether oxygens (including phenoxy) is 1. The minimum absolute atomic E-state index is 0.0723. The van der Waals surface area contributed by atoms with Crippen molar-refractivity contribution in [3.63, 3.8) is 0 Å². The van der Waals surface area contributed by atoms with Gasteiger partial charge in [0.15, 0.2) is 5.78 Å². The molecule has 0 aliphatic heterocycles. The molecule has 6 heteroatoms. The van der Waals surface area contributed by atoms with Gasteiger partial charge in [-0.15, -0.1) is 11.8 Å². The first-order valence-electron chi connectivity index (χ1n) is 9.95. The highest BCUT2D eigenvalue weighted by atomic mass is 79.9. The van der Waals surface area contributed by atoms with Crippen molar-refractivity contribution in [3.8, 4) is 0 Å². The SMILES string of the molecule is COC(=O)CSCC(C)(C)CCCC(C)(C(=O)CBr)c1cccc(CCC=O)c1. The van der Waals surface area contributed by atoms with Crippen molar-refractivity contribution in [1.82, 2.24) is 0 Å². The quantitative estimate of drug-likeness (QED) is 0.207. The predicted octanol–water partition coefficient (Wildman–Crippen LogP) is 5.14. The van der Waals surface area contributed by atoms with Gasteiger partial charge in [-0.3, -0.25) is 9.59 Å². The zero-order valence-corrected chi connectivity index (χ0v) is 20.4. The zero-order chi connectivity index (χ0) is 21.9. The number of methoxy groups -OCH3 is 1. The summed E-state index contributed by atoms with van der Waals surface area (Å²) in [5.41, 5.74) is 1.62. The van der Waals surface area contributed by atoms with Crippen LogP contribution in [0.1, 0.15) is 57.6 Å². The first-order chi connectivity index (χ1) is 13.7. The molecule has 0 bridgehead atoms. The fourth-order valence-corrected chi connectivity index (χ4v) is 5.05. The minimum Gasteiger partial charge on any atom is -0.468 e. The number of esters is 1. The summed E-state index contributed by atoms with van der Waals surface area (Å²) in [5.74, 6) is 1.21. The van der Waals surface area contributed by atoms with Crippen LogP contribution in [0.2, 0.25) is 0 Å². The van der Waals surface area contributed by atoms with Gasteiger partial charge in [0.25, 0.3) is 0 Å². The van der Waals surface area contributed by atoms with E-state index < -0.39 is 5.41 Å². The van der Waals surface area contributed by atoms with Gasteiger partial charge in [-0.1, -0.05) is 60.5 Å². The number of ketones is 1. The van der Waals surface area contributed by atoms with Crippen LogP contribution >= 0.6 is 27.7 Å². The number of carbonyl (C=O) groups excluding carboxylic acids is 3. The number of hydrogen-bond donors (Lipinski definition) is 0. The monoisotopic (exact) mass is 484 g/mol. The highest BCUT2D eigenvalue weighted by molar-refractivity contribution is 9.09. The summed E-state index contributed by atoms with van der Waals surface area (Å²) in [7, 11) is 1.41. The maximum Gasteiger partial charge on any atom is 0.315 e. The van der Waals surface area contributed by atoms with Gasteiger partial charge in [0.05, 0.1) is 23.6 Å². The number of halogens is 1. The maximum atomic E-state index is 12.8. The van der Waals surface area contributed by atoms with E-state index in [1.807, 2.05) is 25.1 Å². The summed E-state index contributed by atoms with van der Waals surface area (Å²) in [6, 6.07) is 8.07. The molecule has 0 N–H and O–H groups in total. The van der Waals surface area contributed by atoms with E-state index in [9.17, 15) is 14.4 Å². The Bertz CT molecular complexity index is 689. The molecule has 0 aromatic heterocycles. The number of benzene rings is 1. The summed E-state index contributed by atoms with van der Waals surface area (Å²) in [4.78, 5) is 34.8. The number of alkyl halides is 1. The van der Waals surface area contributed by atoms with Crippen molar-refractivity contribution in [1.29, 1.82) is 0 Å². The number of hydrogen-bond acceptors (Lipinski definition) is 5. The second-order valence-corrected chi connectivity index (χ2v) is 9.93. The van der Waals surface area contributed by atoms with Crippen LogP contribution in [0.5, 0.6) is 0 Å². The number of rotatable bonds is 14. The molecule has 0 radical (unpaired) electrons. The van der Waals surface area contributed by atoms with E-state index >= 15 is 0 Å². The van der Waals surface area contributed by atoms with Gasteiger partial charge in [0, 0.05) is 6.42 Å². The third-order valence-corrected chi connectivity index (χ3v) is 7.26. The van der Waals surface area contributed by atoms with Crippen molar-refractivity contribution >= 4 is 45.7 Å². The average Bonchev–Trinajstić information content (AvgIpc) is 2.71. The van der Waals surface area contributed by atoms with Crippen LogP contribution in [0.4, 0.5) is 0 Å². The highest BCUT2D eigenvalue weighted by Crippen LogP contribution is 2.35. The van der Waals surface area contributed by atoms with Crippen LogP contribution < -0.4 is 0 Å². The van der Waals surface area contributed by atoms with E-state index in [2.05, 4.69) is 35.8 Å². The molecule has 29 heavy (non-hydrogen) atoms. The molecule has 0 saturated carbocycles. The molecule has 0 aliphatic rings. The van der Waals surface area contributed by atoms with E-state index in [0.717, 1.165) is 42.4 Å². The molecule has 1 aromatic rings. The van der Waals surface area contributed by atoms with Gasteiger partial charge in [-0.25, -0.2) is 0 Å². The number of aldehydes is 1. The Morgan fingerprint density at radius 3 is 2.55 bits per heavy atom. The van der Waals surface area contributed by atoms with Crippen molar-refractivity contribution in [2.75, 3.05) is 23.9 Å². The Balaban J connectivity index is 2.80. The standard InChI is InChI=1S/C23H33BrO4S/c1-22(2,17-29-16-21(27)28-4)11-7-12-23(3,20(26)15-24)19-10-5-8-18(14-19)9-6-13-25/h5,8,10,13-14H,6-7,9,11-12,15-17H2,1-4H3. The lowest BCUT2D eigenvalue weighted by Gasteiger charge is -2.31. The number of aryl methyl sites for hydroxylation is 1.